The number of anilines is 1. The summed E-state index contributed by atoms with van der Waals surface area (Å²) in [6.07, 6.45) is 5.36. The molecule has 4 rings (SSSR count). The van der Waals surface area contributed by atoms with Crippen molar-refractivity contribution in [1.82, 2.24) is 19.5 Å². The van der Waals surface area contributed by atoms with E-state index in [0.717, 1.165) is 22.1 Å². The first-order chi connectivity index (χ1) is 14.8. The Labute approximate surface area is 182 Å². The van der Waals surface area contributed by atoms with Crippen molar-refractivity contribution in [3.05, 3.63) is 83.0 Å². The third kappa shape index (κ3) is 4.79. The van der Waals surface area contributed by atoms with Gasteiger partial charge in [-0.2, -0.15) is 4.98 Å². The molecule has 0 aliphatic carbocycles. The molecule has 158 valence electrons. The molecule has 0 fully saturated rings. The molecule has 1 atom stereocenters. The number of pyridine rings is 2. The summed E-state index contributed by atoms with van der Waals surface area (Å²) in [6, 6.07) is 15.8. The van der Waals surface area contributed by atoms with Gasteiger partial charge in [-0.1, -0.05) is 45.0 Å². The van der Waals surface area contributed by atoms with E-state index in [1.807, 2.05) is 12.1 Å². The van der Waals surface area contributed by atoms with E-state index in [4.69, 9.17) is 0 Å². The molecule has 4 aromatic rings. The van der Waals surface area contributed by atoms with E-state index >= 15 is 0 Å². The minimum absolute atomic E-state index is 0.00967. The largest absolute Gasteiger partial charge is 0.348 e. The van der Waals surface area contributed by atoms with Gasteiger partial charge in [0.2, 0.25) is 5.95 Å². The molecule has 1 aromatic carbocycles. The van der Waals surface area contributed by atoms with Gasteiger partial charge in [0.25, 0.3) is 5.56 Å². The minimum Gasteiger partial charge on any atom is -0.348 e. The molecule has 0 unspecified atom stereocenters. The molecule has 6 heteroatoms. The fourth-order valence-corrected chi connectivity index (χ4v) is 3.55. The lowest BCUT2D eigenvalue weighted by Gasteiger charge is -2.21. The maximum atomic E-state index is 12.5. The minimum atomic E-state index is -0.0492. The van der Waals surface area contributed by atoms with E-state index in [9.17, 15) is 4.79 Å². The highest BCUT2D eigenvalue weighted by molar-refractivity contribution is 5.75. The number of aromatic nitrogens is 4. The molecule has 0 bridgehead atoms. The lowest BCUT2D eigenvalue weighted by Crippen LogP contribution is -2.27. The molecule has 0 amide bonds. The van der Waals surface area contributed by atoms with Crippen molar-refractivity contribution in [2.75, 3.05) is 5.32 Å². The Balaban J connectivity index is 1.59. The highest BCUT2D eigenvalue weighted by Gasteiger charge is 2.16. The van der Waals surface area contributed by atoms with Crippen LogP contribution in [0.5, 0.6) is 0 Å². The predicted octanol–water partition coefficient (Wildman–Crippen LogP) is 5.07. The second-order valence-corrected chi connectivity index (χ2v) is 9.01. The van der Waals surface area contributed by atoms with Crippen LogP contribution in [-0.2, 0) is 6.54 Å². The number of nitrogens with zero attached hydrogens (tertiary/aromatic N) is 4. The SMILES string of the molecule is C[C@H](Nc1ncc2ccc(=O)n(CC(C)(C)C)c2n1)c1ccc(-c2ccncc2)cc1. The highest BCUT2D eigenvalue weighted by Crippen LogP contribution is 2.24. The lowest BCUT2D eigenvalue weighted by atomic mass is 9.97. The molecule has 0 saturated heterocycles. The Bertz CT molecular complexity index is 1240. The monoisotopic (exact) mass is 413 g/mol. The summed E-state index contributed by atoms with van der Waals surface area (Å²) in [5.74, 6) is 0.506. The molecule has 6 nitrogen and oxygen atoms in total. The van der Waals surface area contributed by atoms with Crippen LogP contribution in [0.15, 0.2) is 71.9 Å². The zero-order valence-corrected chi connectivity index (χ0v) is 18.3. The van der Waals surface area contributed by atoms with Crippen LogP contribution in [0, 0.1) is 5.41 Å². The maximum absolute atomic E-state index is 12.5. The topological polar surface area (TPSA) is 72.7 Å². The van der Waals surface area contributed by atoms with E-state index in [1.165, 1.54) is 0 Å². The molecule has 0 radical (unpaired) electrons. The van der Waals surface area contributed by atoms with Gasteiger partial charge in [-0.05, 0) is 47.2 Å². The molecule has 0 spiro atoms. The summed E-state index contributed by atoms with van der Waals surface area (Å²) in [4.78, 5) is 25.7. The van der Waals surface area contributed by atoms with Crippen LogP contribution in [0.3, 0.4) is 0 Å². The van der Waals surface area contributed by atoms with Crippen molar-refractivity contribution in [2.45, 2.75) is 40.3 Å². The summed E-state index contributed by atoms with van der Waals surface area (Å²) in [7, 11) is 0. The predicted molar refractivity (Wildman–Crippen MR) is 125 cm³/mol. The molecule has 3 heterocycles. The third-order valence-corrected chi connectivity index (χ3v) is 5.13. The Morgan fingerprint density at radius 1 is 0.968 bits per heavy atom. The average molecular weight is 414 g/mol. The number of fused-ring (bicyclic) bond motifs is 1. The Morgan fingerprint density at radius 3 is 2.32 bits per heavy atom. The van der Waals surface area contributed by atoms with Crippen LogP contribution in [0.1, 0.15) is 39.3 Å². The Kier molecular flexibility index (Phi) is 5.55. The third-order valence-electron chi connectivity index (χ3n) is 5.13. The van der Waals surface area contributed by atoms with Gasteiger partial charge in [-0.3, -0.25) is 14.3 Å². The summed E-state index contributed by atoms with van der Waals surface area (Å²) in [6.45, 7) is 8.98. The van der Waals surface area contributed by atoms with Crippen LogP contribution in [0.4, 0.5) is 5.95 Å². The van der Waals surface area contributed by atoms with Crippen LogP contribution in [-0.4, -0.2) is 19.5 Å². The van der Waals surface area contributed by atoms with Crippen LogP contribution < -0.4 is 10.9 Å². The molecule has 0 saturated carbocycles. The van der Waals surface area contributed by atoms with Gasteiger partial charge in [0.15, 0.2) is 0 Å². The first-order valence-corrected chi connectivity index (χ1v) is 10.4. The zero-order chi connectivity index (χ0) is 22.0. The van der Waals surface area contributed by atoms with Gasteiger partial charge >= 0.3 is 0 Å². The summed E-state index contributed by atoms with van der Waals surface area (Å²) in [5, 5.41) is 4.22. The summed E-state index contributed by atoms with van der Waals surface area (Å²) in [5.41, 5.74) is 3.97. The van der Waals surface area contributed by atoms with Crippen molar-refractivity contribution in [3.8, 4) is 11.1 Å². The van der Waals surface area contributed by atoms with E-state index in [2.05, 4.69) is 72.2 Å². The second-order valence-electron chi connectivity index (χ2n) is 9.01. The normalized spacial score (nSPS) is 12.6. The quantitative estimate of drug-likeness (QED) is 0.494. The van der Waals surface area contributed by atoms with Crippen LogP contribution in [0.2, 0.25) is 0 Å². The van der Waals surface area contributed by atoms with Crippen molar-refractivity contribution in [2.24, 2.45) is 5.41 Å². The fourth-order valence-electron chi connectivity index (χ4n) is 3.55. The maximum Gasteiger partial charge on any atom is 0.252 e. The van der Waals surface area contributed by atoms with E-state index in [-0.39, 0.29) is 17.0 Å². The number of nitrogens with one attached hydrogen (secondary N) is 1. The Morgan fingerprint density at radius 2 is 1.65 bits per heavy atom. The summed E-state index contributed by atoms with van der Waals surface area (Å²) < 4.78 is 1.73. The van der Waals surface area contributed by atoms with Crippen LogP contribution in [0.25, 0.3) is 22.2 Å². The summed E-state index contributed by atoms with van der Waals surface area (Å²) >= 11 is 0. The molecule has 0 aliphatic heterocycles. The van der Waals surface area contributed by atoms with Crippen molar-refractivity contribution < 1.29 is 0 Å². The molecule has 3 aromatic heterocycles. The molecular formula is C25H27N5O. The molecular weight excluding hydrogens is 386 g/mol. The van der Waals surface area contributed by atoms with Crippen molar-refractivity contribution >= 4 is 17.0 Å². The molecule has 31 heavy (non-hydrogen) atoms. The van der Waals surface area contributed by atoms with Gasteiger partial charge < -0.3 is 5.32 Å². The van der Waals surface area contributed by atoms with Gasteiger partial charge in [-0.25, -0.2) is 4.98 Å². The van der Waals surface area contributed by atoms with Gasteiger partial charge in [0, 0.05) is 36.6 Å². The first kappa shape index (κ1) is 20.7. The van der Waals surface area contributed by atoms with E-state index in [1.54, 1.807) is 35.3 Å². The standard InChI is InChI=1S/C25H27N5O/c1-17(18-5-7-19(8-6-18)20-11-13-26-14-12-20)28-24-27-15-21-9-10-22(31)30(23(21)29-24)16-25(2,3)4/h5-15,17H,16H2,1-4H3,(H,27,28,29)/t17-/m0/s1. The number of rotatable bonds is 5. The van der Waals surface area contributed by atoms with Crippen molar-refractivity contribution in [3.63, 3.8) is 0 Å². The van der Waals surface area contributed by atoms with Crippen molar-refractivity contribution in [1.29, 1.82) is 0 Å². The fraction of sp³-hybridized carbons (Fsp3) is 0.280. The molecule has 1 N–H and O–H groups in total. The van der Waals surface area contributed by atoms with Gasteiger partial charge in [0.1, 0.15) is 5.65 Å². The average Bonchev–Trinajstić information content (AvgIpc) is 2.76. The Hall–Kier alpha value is -3.54. The number of benzene rings is 1. The van der Waals surface area contributed by atoms with E-state index in [0.29, 0.717) is 18.1 Å². The second kappa shape index (κ2) is 8.30. The van der Waals surface area contributed by atoms with Gasteiger partial charge in [-0.15, -0.1) is 0 Å². The lowest BCUT2D eigenvalue weighted by molar-refractivity contribution is 0.343. The molecule has 0 aliphatic rings. The zero-order valence-electron chi connectivity index (χ0n) is 18.3. The first-order valence-electron chi connectivity index (χ1n) is 10.4. The number of hydrogen-bond acceptors (Lipinski definition) is 5. The smallest absolute Gasteiger partial charge is 0.252 e. The number of hydrogen-bond donors (Lipinski definition) is 1. The highest BCUT2D eigenvalue weighted by atomic mass is 16.1. The van der Waals surface area contributed by atoms with Gasteiger partial charge in [0.05, 0.1) is 6.04 Å². The van der Waals surface area contributed by atoms with E-state index < -0.39 is 0 Å². The van der Waals surface area contributed by atoms with Crippen LogP contribution >= 0.6 is 0 Å².